The second-order valence-electron chi connectivity index (χ2n) is 5.61. The molecule has 0 bridgehead atoms. The Labute approximate surface area is 154 Å². The quantitative estimate of drug-likeness (QED) is 0.524. The average molecular weight is 400 g/mol. The van der Waals surface area contributed by atoms with Gasteiger partial charge in [-0.25, -0.2) is 5.43 Å². The summed E-state index contributed by atoms with van der Waals surface area (Å²) in [7, 11) is 2.01. The number of hydrogen-bond acceptors (Lipinski definition) is 3. The summed E-state index contributed by atoms with van der Waals surface area (Å²) in [5, 5.41) is 5.17. The van der Waals surface area contributed by atoms with Gasteiger partial charge in [-0.3, -0.25) is 4.79 Å². The van der Waals surface area contributed by atoms with Gasteiger partial charge in [-0.05, 0) is 31.2 Å². The molecule has 1 N–H and O–H groups in total. The summed E-state index contributed by atoms with van der Waals surface area (Å²) in [6, 6.07) is 15.4. The maximum absolute atomic E-state index is 11.9. The van der Waals surface area contributed by atoms with Crippen molar-refractivity contribution in [2.45, 2.75) is 6.92 Å². The van der Waals surface area contributed by atoms with E-state index in [9.17, 15) is 4.79 Å². The van der Waals surface area contributed by atoms with E-state index in [2.05, 4.69) is 37.1 Å². The molecule has 25 heavy (non-hydrogen) atoms. The number of hydrazone groups is 1. The third kappa shape index (κ3) is 3.91. The van der Waals surface area contributed by atoms with Crippen molar-refractivity contribution in [1.82, 2.24) is 9.99 Å². The molecule has 0 fully saturated rings. The van der Waals surface area contributed by atoms with Gasteiger partial charge in [0.05, 0.1) is 6.21 Å². The molecule has 6 heteroatoms. The molecule has 1 amide bonds. The highest BCUT2D eigenvalue weighted by atomic mass is 79.9. The van der Waals surface area contributed by atoms with Gasteiger partial charge in [0.15, 0.2) is 6.61 Å². The van der Waals surface area contributed by atoms with E-state index in [0.29, 0.717) is 5.75 Å². The Hall–Kier alpha value is -2.60. The zero-order valence-corrected chi connectivity index (χ0v) is 15.6. The van der Waals surface area contributed by atoms with Gasteiger partial charge < -0.3 is 9.30 Å². The van der Waals surface area contributed by atoms with Crippen LogP contribution in [0.25, 0.3) is 10.9 Å². The fourth-order valence-electron chi connectivity index (χ4n) is 2.62. The number of carbonyl (C=O) groups is 1. The van der Waals surface area contributed by atoms with Gasteiger partial charge in [0.25, 0.3) is 5.91 Å². The van der Waals surface area contributed by atoms with E-state index in [1.54, 1.807) is 18.3 Å². The van der Waals surface area contributed by atoms with Crippen molar-refractivity contribution in [3.63, 3.8) is 0 Å². The third-order valence-electron chi connectivity index (χ3n) is 4.00. The Morgan fingerprint density at radius 3 is 2.88 bits per heavy atom. The standard InChI is InChI=1S/C19H18BrN3O2/c1-13-17(16-8-3-4-9-18(16)23(13)2)11-21-22-19(24)12-25-15-7-5-6-14(20)10-15/h3-11H,12H2,1-2H3,(H,22,24). The van der Waals surface area contributed by atoms with E-state index >= 15 is 0 Å². The summed E-state index contributed by atoms with van der Waals surface area (Å²) in [4.78, 5) is 11.9. The molecule has 0 aliphatic rings. The van der Waals surface area contributed by atoms with Crippen LogP contribution in [0.3, 0.4) is 0 Å². The molecule has 5 nitrogen and oxygen atoms in total. The number of aryl methyl sites for hydroxylation is 1. The Kier molecular flexibility index (Phi) is 5.19. The van der Waals surface area contributed by atoms with Gasteiger partial charge in [-0.2, -0.15) is 5.10 Å². The molecule has 1 heterocycles. The molecular formula is C19H18BrN3O2. The maximum atomic E-state index is 11.9. The Morgan fingerprint density at radius 2 is 2.08 bits per heavy atom. The van der Waals surface area contributed by atoms with E-state index in [-0.39, 0.29) is 12.5 Å². The number of carbonyl (C=O) groups excluding carboxylic acids is 1. The summed E-state index contributed by atoms with van der Waals surface area (Å²) in [5.74, 6) is 0.313. The molecule has 3 rings (SSSR count). The number of para-hydroxylation sites is 1. The SMILES string of the molecule is Cc1c(C=NNC(=O)COc2cccc(Br)c2)c2ccccc2n1C. The fourth-order valence-corrected chi connectivity index (χ4v) is 3.00. The summed E-state index contributed by atoms with van der Waals surface area (Å²) >= 11 is 3.36. The number of aromatic nitrogens is 1. The molecular weight excluding hydrogens is 382 g/mol. The largest absolute Gasteiger partial charge is 0.484 e. The lowest BCUT2D eigenvalue weighted by Crippen LogP contribution is -2.24. The highest BCUT2D eigenvalue weighted by Crippen LogP contribution is 2.23. The van der Waals surface area contributed by atoms with Crippen LogP contribution in [-0.4, -0.2) is 23.3 Å². The number of benzene rings is 2. The zero-order chi connectivity index (χ0) is 17.8. The second-order valence-corrected chi connectivity index (χ2v) is 6.53. The van der Waals surface area contributed by atoms with E-state index in [1.165, 1.54) is 0 Å². The van der Waals surface area contributed by atoms with E-state index in [1.807, 2.05) is 44.3 Å². The van der Waals surface area contributed by atoms with Gasteiger partial charge in [0.1, 0.15) is 5.75 Å². The summed E-state index contributed by atoms with van der Waals surface area (Å²) in [6.07, 6.45) is 1.68. The van der Waals surface area contributed by atoms with Crippen LogP contribution in [-0.2, 0) is 11.8 Å². The number of rotatable bonds is 5. The predicted molar refractivity (Wildman–Crippen MR) is 103 cm³/mol. The zero-order valence-electron chi connectivity index (χ0n) is 14.0. The molecule has 2 aromatic carbocycles. The van der Waals surface area contributed by atoms with Gasteiger partial charge in [0.2, 0.25) is 0 Å². The Morgan fingerprint density at radius 1 is 1.28 bits per heavy atom. The smallest absolute Gasteiger partial charge is 0.277 e. The lowest BCUT2D eigenvalue weighted by atomic mass is 10.1. The van der Waals surface area contributed by atoms with E-state index < -0.39 is 0 Å². The summed E-state index contributed by atoms with van der Waals surface area (Å²) in [5.41, 5.74) is 5.71. The van der Waals surface area contributed by atoms with Crippen molar-refractivity contribution in [3.8, 4) is 5.75 Å². The molecule has 0 radical (unpaired) electrons. The van der Waals surface area contributed by atoms with Crippen LogP contribution < -0.4 is 10.2 Å². The first kappa shape index (κ1) is 17.2. The third-order valence-corrected chi connectivity index (χ3v) is 4.49. The molecule has 0 saturated heterocycles. The van der Waals surface area contributed by atoms with Crippen LogP contribution in [0, 0.1) is 6.92 Å². The predicted octanol–water partition coefficient (Wildman–Crippen LogP) is 3.78. The summed E-state index contributed by atoms with van der Waals surface area (Å²) in [6.45, 7) is 1.93. The number of amides is 1. The van der Waals surface area contributed by atoms with Crippen LogP contribution in [0.2, 0.25) is 0 Å². The number of hydrogen-bond donors (Lipinski definition) is 1. The van der Waals surface area contributed by atoms with Gasteiger partial charge in [-0.15, -0.1) is 0 Å². The van der Waals surface area contributed by atoms with Crippen LogP contribution in [0.5, 0.6) is 5.75 Å². The molecule has 0 aliphatic carbocycles. The Bertz CT molecular complexity index is 947. The number of fused-ring (bicyclic) bond motifs is 1. The maximum Gasteiger partial charge on any atom is 0.277 e. The fraction of sp³-hybridized carbons (Fsp3) is 0.158. The minimum Gasteiger partial charge on any atom is -0.484 e. The van der Waals surface area contributed by atoms with Crippen LogP contribution in [0.1, 0.15) is 11.3 Å². The van der Waals surface area contributed by atoms with Crippen LogP contribution in [0.4, 0.5) is 0 Å². The first-order valence-electron chi connectivity index (χ1n) is 7.80. The monoisotopic (exact) mass is 399 g/mol. The van der Waals surface area contributed by atoms with Crippen LogP contribution in [0.15, 0.2) is 58.1 Å². The summed E-state index contributed by atoms with van der Waals surface area (Å²) < 4.78 is 8.43. The van der Waals surface area contributed by atoms with Crippen molar-refractivity contribution >= 4 is 39.0 Å². The molecule has 3 aromatic rings. The average Bonchev–Trinajstić information content (AvgIpc) is 2.85. The lowest BCUT2D eigenvalue weighted by molar-refractivity contribution is -0.123. The molecule has 0 unspecified atom stereocenters. The first-order chi connectivity index (χ1) is 12.1. The first-order valence-corrected chi connectivity index (χ1v) is 8.60. The van der Waals surface area contributed by atoms with Gasteiger partial charge >= 0.3 is 0 Å². The highest BCUT2D eigenvalue weighted by molar-refractivity contribution is 9.10. The van der Waals surface area contributed by atoms with Crippen molar-refractivity contribution in [1.29, 1.82) is 0 Å². The van der Waals surface area contributed by atoms with Gasteiger partial charge in [0, 0.05) is 33.7 Å². The number of halogens is 1. The number of ether oxygens (including phenoxy) is 1. The van der Waals surface area contributed by atoms with Crippen LogP contribution >= 0.6 is 15.9 Å². The van der Waals surface area contributed by atoms with Crippen molar-refractivity contribution in [2.75, 3.05) is 6.61 Å². The highest BCUT2D eigenvalue weighted by Gasteiger charge is 2.09. The van der Waals surface area contributed by atoms with Crippen molar-refractivity contribution < 1.29 is 9.53 Å². The van der Waals surface area contributed by atoms with E-state index in [4.69, 9.17) is 4.74 Å². The minimum atomic E-state index is -0.311. The normalized spacial score (nSPS) is 11.2. The van der Waals surface area contributed by atoms with Gasteiger partial charge in [-0.1, -0.05) is 40.2 Å². The second kappa shape index (κ2) is 7.53. The topological polar surface area (TPSA) is 55.6 Å². The van der Waals surface area contributed by atoms with Crippen molar-refractivity contribution in [3.05, 3.63) is 64.3 Å². The lowest BCUT2D eigenvalue weighted by Gasteiger charge is -2.05. The van der Waals surface area contributed by atoms with Crippen molar-refractivity contribution in [2.24, 2.45) is 12.1 Å². The molecule has 0 saturated carbocycles. The molecule has 0 aliphatic heterocycles. The molecule has 0 spiro atoms. The molecule has 0 atom stereocenters. The Balaban J connectivity index is 1.63. The molecule has 128 valence electrons. The minimum absolute atomic E-state index is 0.0949. The number of nitrogens with one attached hydrogen (secondary N) is 1. The van der Waals surface area contributed by atoms with E-state index in [0.717, 1.165) is 26.6 Å². The molecule has 1 aromatic heterocycles. The number of nitrogens with zero attached hydrogens (tertiary/aromatic N) is 2.